The van der Waals surface area contributed by atoms with E-state index in [9.17, 15) is 19.2 Å². The molecule has 0 aliphatic heterocycles. The molecule has 1 aromatic carbocycles. The van der Waals surface area contributed by atoms with Crippen molar-refractivity contribution < 1.29 is 38.1 Å². The fourth-order valence-electron chi connectivity index (χ4n) is 2.13. The van der Waals surface area contributed by atoms with E-state index in [0.29, 0.717) is 10.5 Å². The summed E-state index contributed by atoms with van der Waals surface area (Å²) in [5.74, 6) is -1.55. The summed E-state index contributed by atoms with van der Waals surface area (Å²) in [7, 11) is 2.36. The Bertz CT molecular complexity index is 732. The lowest BCUT2D eigenvalue weighted by Crippen LogP contribution is -2.52. The van der Waals surface area contributed by atoms with Gasteiger partial charge in [0.1, 0.15) is 12.2 Å². The standard InChI is InChI=1S/C20H27NO8S/c1-20(2,3)29-19(25)21(18(24)28-11-14-9-7-6-8-10-14)15(17(23)27-5)12-30-13-16(22)26-4/h6-10,15H,11-13H2,1-5H3/t15-/m0/s1. The lowest BCUT2D eigenvalue weighted by Gasteiger charge is -2.29. The number of rotatable bonds is 8. The van der Waals surface area contributed by atoms with Gasteiger partial charge < -0.3 is 18.9 Å². The highest BCUT2D eigenvalue weighted by atomic mass is 32.2. The average molecular weight is 442 g/mol. The molecule has 0 saturated heterocycles. The Labute approximate surface area is 180 Å². The van der Waals surface area contributed by atoms with E-state index in [4.69, 9.17) is 14.2 Å². The maximum absolute atomic E-state index is 12.8. The quantitative estimate of drug-likeness (QED) is 0.444. The van der Waals surface area contributed by atoms with Crippen LogP contribution in [0.15, 0.2) is 30.3 Å². The second-order valence-electron chi connectivity index (χ2n) is 7.02. The van der Waals surface area contributed by atoms with E-state index >= 15 is 0 Å². The normalized spacial score (nSPS) is 11.8. The zero-order chi connectivity index (χ0) is 22.7. The van der Waals surface area contributed by atoms with Crippen LogP contribution in [0.4, 0.5) is 9.59 Å². The SMILES string of the molecule is COC(=O)CSC[C@@H](C(=O)OC)N(C(=O)OCc1ccccc1)C(=O)OC(C)(C)C. The molecule has 0 fully saturated rings. The van der Waals surface area contributed by atoms with Crippen molar-refractivity contribution in [2.45, 2.75) is 39.0 Å². The molecule has 2 amide bonds. The molecule has 0 saturated carbocycles. The molecule has 0 heterocycles. The molecule has 166 valence electrons. The molecule has 10 heteroatoms. The van der Waals surface area contributed by atoms with Crippen molar-refractivity contribution in [1.29, 1.82) is 0 Å². The minimum atomic E-state index is -1.36. The first-order valence-corrected chi connectivity index (χ1v) is 10.2. The summed E-state index contributed by atoms with van der Waals surface area (Å²) in [5.41, 5.74) is -0.223. The van der Waals surface area contributed by atoms with Crippen molar-refractivity contribution in [2.75, 3.05) is 25.7 Å². The van der Waals surface area contributed by atoms with Crippen molar-refractivity contribution in [3.05, 3.63) is 35.9 Å². The van der Waals surface area contributed by atoms with Crippen LogP contribution in [0.2, 0.25) is 0 Å². The van der Waals surface area contributed by atoms with E-state index in [-0.39, 0.29) is 18.1 Å². The summed E-state index contributed by atoms with van der Waals surface area (Å²) in [5, 5.41) is 0. The number of benzene rings is 1. The Balaban J connectivity index is 3.05. The van der Waals surface area contributed by atoms with Crippen LogP contribution in [0.3, 0.4) is 0 Å². The first-order chi connectivity index (χ1) is 14.1. The topological polar surface area (TPSA) is 108 Å². The van der Waals surface area contributed by atoms with Crippen LogP contribution < -0.4 is 0 Å². The molecule has 1 aromatic rings. The molecule has 0 aromatic heterocycles. The molecule has 30 heavy (non-hydrogen) atoms. The Hall–Kier alpha value is -2.75. The van der Waals surface area contributed by atoms with Crippen LogP contribution in [0.1, 0.15) is 26.3 Å². The number of carbonyl (C=O) groups is 4. The number of ether oxygens (including phenoxy) is 4. The van der Waals surface area contributed by atoms with E-state index in [0.717, 1.165) is 18.9 Å². The monoisotopic (exact) mass is 441 g/mol. The predicted octanol–water partition coefficient (Wildman–Crippen LogP) is 3.01. The maximum Gasteiger partial charge on any atom is 0.420 e. The number of imide groups is 1. The third kappa shape index (κ3) is 8.73. The zero-order valence-corrected chi connectivity index (χ0v) is 18.5. The molecule has 0 bridgehead atoms. The molecule has 0 N–H and O–H groups in total. The molecule has 1 atom stereocenters. The molecule has 9 nitrogen and oxygen atoms in total. The summed E-state index contributed by atoms with van der Waals surface area (Å²) in [4.78, 5) is 49.7. The van der Waals surface area contributed by atoms with Crippen molar-refractivity contribution in [3.63, 3.8) is 0 Å². The molecule has 0 spiro atoms. The van der Waals surface area contributed by atoms with Gasteiger partial charge in [-0.1, -0.05) is 30.3 Å². The highest BCUT2D eigenvalue weighted by Gasteiger charge is 2.39. The summed E-state index contributed by atoms with van der Waals surface area (Å²) >= 11 is 1.00. The van der Waals surface area contributed by atoms with Gasteiger partial charge in [0.05, 0.1) is 20.0 Å². The van der Waals surface area contributed by atoms with E-state index in [1.807, 2.05) is 6.07 Å². The summed E-state index contributed by atoms with van der Waals surface area (Å²) in [6, 6.07) is 7.49. The van der Waals surface area contributed by atoms with Crippen LogP contribution in [0.25, 0.3) is 0 Å². The van der Waals surface area contributed by atoms with Gasteiger partial charge in [0.2, 0.25) is 0 Å². The van der Waals surface area contributed by atoms with E-state index in [1.165, 1.54) is 7.11 Å². The fraction of sp³-hybridized carbons (Fsp3) is 0.500. The summed E-state index contributed by atoms with van der Waals surface area (Å²) < 4.78 is 19.8. The second-order valence-corrected chi connectivity index (χ2v) is 8.05. The Kier molecular flexibility index (Phi) is 10.2. The van der Waals surface area contributed by atoms with Gasteiger partial charge in [-0.25, -0.2) is 14.4 Å². The Morgan fingerprint density at radius 1 is 1.00 bits per heavy atom. The molecule has 0 radical (unpaired) electrons. The second kappa shape index (κ2) is 12.1. The number of esters is 2. The molecule has 0 unspecified atom stereocenters. The van der Waals surface area contributed by atoms with Crippen LogP contribution in [-0.2, 0) is 35.1 Å². The predicted molar refractivity (Wildman–Crippen MR) is 110 cm³/mol. The van der Waals surface area contributed by atoms with Crippen molar-refractivity contribution >= 4 is 35.9 Å². The average Bonchev–Trinajstić information content (AvgIpc) is 2.70. The van der Waals surface area contributed by atoms with Gasteiger partial charge in [0.15, 0.2) is 6.04 Å². The largest absolute Gasteiger partial charge is 0.468 e. The molecular weight excluding hydrogens is 414 g/mol. The number of hydrogen-bond donors (Lipinski definition) is 0. The molecule has 0 aliphatic carbocycles. The van der Waals surface area contributed by atoms with Gasteiger partial charge in [-0.2, -0.15) is 4.90 Å². The Morgan fingerprint density at radius 3 is 2.17 bits per heavy atom. The smallest absolute Gasteiger partial charge is 0.420 e. The van der Waals surface area contributed by atoms with Crippen LogP contribution in [0, 0.1) is 0 Å². The minimum Gasteiger partial charge on any atom is -0.468 e. The summed E-state index contributed by atoms with van der Waals surface area (Å²) in [6.45, 7) is 4.76. The highest BCUT2D eigenvalue weighted by Crippen LogP contribution is 2.18. The third-order valence-corrected chi connectivity index (χ3v) is 4.49. The number of nitrogens with zero attached hydrogens (tertiary/aromatic N) is 1. The van der Waals surface area contributed by atoms with Crippen LogP contribution in [0.5, 0.6) is 0 Å². The third-order valence-electron chi connectivity index (χ3n) is 3.50. The van der Waals surface area contributed by atoms with E-state index < -0.39 is 35.8 Å². The number of thioether (sulfide) groups is 1. The zero-order valence-electron chi connectivity index (χ0n) is 17.7. The lowest BCUT2D eigenvalue weighted by atomic mass is 10.2. The molecule has 1 rings (SSSR count). The van der Waals surface area contributed by atoms with Gasteiger partial charge >= 0.3 is 24.1 Å². The van der Waals surface area contributed by atoms with Crippen LogP contribution >= 0.6 is 11.8 Å². The first-order valence-electron chi connectivity index (χ1n) is 9.04. The van der Waals surface area contributed by atoms with E-state index in [1.54, 1.807) is 45.0 Å². The lowest BCUT2D eigenvalue weighted by molar-refractivity contribution is -0.145. The molecular formula is C20H27NO8S. The van der Waals surface area contributed by atoms with Gasteiger partial charge in [-0.15, -0.1) is 11.8 Å². The van der Waals surface area contributed by atoms with Gasteiger partial charge in [-0.05, 0) is 26.3 Å². The summed E-state index contributed by atoms with van der Waals surface area (Å²) in [6.07, 6.45) is -2.13. The first kappa shape index (κ1) is 25.3. The van der Waals surface area contributed by atoms with Crippen molar-refractivity contribution in [1.82, 2.24) is 4.90 Å². The van der Waals surface area contributed by atoms with E-state index in [2.05, 4.69) is 4.74 Å². The minimum absolute atomic E-state index is 0.0782. The van der Waals surface area contributed by atoms with Gasteiger partial charge in [-0.3, -0.25) is 4.79 Å². The highest BCUT2D eigenvalue weighted by molar-refractivity contribution is 8.00. The Morgan fingerprint density at radius 2 is 1.63 bits per heavy atom. The molecule has 0 aliphatic rings. The van der Waals surface area contributed by atoms with Gasteiger partial charge in [0.25, 0.3) is 0 Å². The number of carbonyl (C=O) groups excluding carboxylic acids is 4. The number of hydrogen-bond acceptors (Lipinski definition) is 9. The van der Waals surface area contributed by atoms with Crippen molar-refractivity contribution in [2.24, 2.45) is 0 Å². The van der Waals surface area contributed by atoms with Crippen molar-refractivity contribution in [3.8, 4) is 0 Å². The van der Waals surface area contributed by atoms with Gasteiger partial charge in [0, 0.05) is 5.75 Å². The van der Waals surface area contributed by atoms with Crippen LogP contribution in [-0.4, -0.2) is 66.4 Å². The fourth-order valence-corrected chi connectivity index (χ4v) is 3.04. The number of amides is 2. The number of methoxy groups -OCH3 is 2. The maximum atomic E-state index is 12.8.